The van der Waals surface area contributed by atoms with Crippen LogP contribution >= 0.6 is 11.3 Å². The van der Waals surface area contributed by atoms with Crippen molar-refractivity contribution in [1.29, 1.82) is 5.26 Å². The highest BCUT2D eigenvalue weighted by molar-refractivity contribution is 7.22. The number of thiophene rings is 1. The normalized spacial score (nSPS) is 10.3. The Morgan fingerprint density at radius 2 is 2.21 bits per heavy atom. The van der Waals surface area contributed by atoms with E-state index in [1.165, 1.54) is 4.70 Å². The van der Waals surface area contributed by atoms with Crippen molar-refractivity contribution in [3.63, 3.8) is 0 Å². The van der Waals surface area contributed by atoms with E-state index in [4.69, 9.17) is 11.0 Å². The number of benzene rings is 1. The minimum absolute atomic E-state index is 0.762. The van der Waals surface area contributed by atoms with Crippen molar-refractivity contribution in [3.05, 3.63) is 29.3 Å². The van der Waals surface area contributed by atoms with E-state index in [9.17, 15) is 0 Å². The zero-order valence-electron chi connectivity index (χ0n) is 7.87. The first-order valence-electron chi connectivity index (χ1n) is 4.46. The van der Waals surface area contributed by atoms with Crippen LogP contribution in [0.25, 0.3) is 10.1 Å². The molecule has 0 spiro atoms. The first-order chi connectivity index (χ1) is 6.74. The average molecular weight is 202 g/mol. The lowest BCUT2D eigenvalue weighted by Gasteiger charge is -1.99. The maximum Gasteiger partial charge on any atom is 0.0994 e. The number of fused-ring (bicyclic) bond motifs is 1. The number of rotatable bonds is 1. The minimum Gasteiger partial charge on any atom is -0.391 e. The zero-order chi connectivity index (χ0) is 10.1. The molecular formula is C11H10N2S. The van der Waals surface area contributed by atoms with E-state index in [0.29, 0.717) is 0 Å². The van der Waals surface area contributed by atoms with Gasteiger partial charge in [-0.05, 0) is 35.6 Å². The molecule has 70 valence electrons. The van der Waals surface area contributed by atoms with Crippen molar-refractivity contribution < 1.29 is 0 Å². The number of nitrogens with two attached hydrogens (primary N) is 1. The molecule has 1 heterocycles. The molecule has 0 amide bonds. The van der Waals surface area contributed by atoms with Gasteiger partial charge in [0.05, 0.1) is 16.6 Å². The number of nitrogen functional groups attached to an aromatic ring is 1. The van der Waals surface area contributed by atoms with E-state index in [-0.39, 0.29) is 0 Å². The number of hydrogen-bond donors (Lipinski definition) is 1. The highest BCUT2D eigenvalue weighted by Crippen LogP contribution is 2.30. The van der Waals surface area contributed by atoms with Crippen LogP contribution in [0.4, 0.5) is 5.00 Å². The maximum atomic E-state index is 8.94. The van der Waals surface area contributed by atoms with Crippen molar-refractivity contribution in [2.24, 2.45) is 0 Å². The fourth-order valence-corrected chi connectivity index (χ4v) is 2.42. The van der Waals surface area contributed by atoms with Gasteiger partial charge in [-0.25, -0.2) is 0 Å². The summed E-state index contributed by atoms with van der Waals surface area (Å²) >= 11 is 1.57. The molecule has 0 aliphatic carbocycles. The Labute approximate surface area is 86.6 Å². The molecule has 0 radical (unpaired) electrons. The van der Waals surface area contributed by atoms with Crippen molar-refractivity contribution in [2.75, 3.05) is 5.73 Å². The third-order valence-electron chi connectivity index (χ3n) is 2.26. The highest BCUT2D eigenvalue weighted by atomic mass is 32.1. The van der Waals surface area contributed by atoms with E-state index in [1.807, 2.05) is 12.1 Å². The molecule has 1 aromatic carbocycles. The Morgan fingerprint density at radius 3 is 2.86 bits per heavy atom. The second-order valence-electron chi connectivity index (χ2n) is 3.16. The minimum atomic E-state index is 0.762. The van der Waals surface area contributed by atoms with E-state index in [2.05, 4.69) is 19.1 Å². The molecule has 2 nitrogen and oxygen atoms in total. The van der Waals surface area contributed by atoms with E-state index in [1.54, 1.807) is 11.3 Å². The molecule has 0 bridgehead atoms. The SMILES string of the molecule is CCc1cc2sc(N)cc2cc1C#N. The summed E-state index contributed by atoms with van der Waals surface area (Å²) in [7, 11) is 0. The van der Waals surface area contributed by atoms with E-state index < -0.39 is 0 Å². The molecule has 2 aromatic rings. The van der Waals surface area contributed by atoms with Gasteiger partial charge in [0, 0.05) is 4.70 Å². The summed E-state index contributed by atoms with van der Waals surface area (Å²) < 4.78 is 1.17. The lowest BCUT2D eigenvalue weighted by Crippen LogP contribution is -1.85. The van der Waals surface area contributed by atoms with Crippen molar-refractivity contribution in [3.8, 4) is 6.07 Å². The Hall–Kier alpha value is -1.53. The fraction of sp³-hybridized carbons (Fsp3) is 0.182. The second kappa shape index (κ2) is 3.32. The molecule has 0 aliphatic rings. The predicted octanol–water partition coefficient (Wildman–Crippen LogP) is 2.92. The molecule has 0 fully saturated rings. The summed E-state index contributed by atoms with van der Waals surface area (Å²) in [6.07, 6.45) is 0.886. The number of nitriles is 1. The van der Waals surface area contributed by atoms with Crippen LogP contribution < -0.4 is 5.73 Å². The summed E-state index contributed by atoms with van der Waals surface area (Å²) in [6.45, 7) is 2.05. The first-order valence-corrected chi connectivity index (χ1v) is 5.28. The van der Waals surface area contributed by atoms with Gasteiger partial charge in [0.2, 0.25) is 0 Å². The topological polar surface area (TPSA) is 49.8 Å². The van der Waals surface area contributed by atoms with Crippen LogP contribution in [-0.4, -0.2) is 0 Å². The molecule has 2 rings (SSSR count). The van der Waals surface area contributed by atoms with Crippen molar-refractivity contribution >= 4 is 26.4 Å². The molecule has 0 unspecified atom stereocenters. The molecule has 2 N–H and O–H groups in total. The highest BCUT2D eigenvalue weighted by Gasteiger charge is 2.05. The summed E-state index contributed by atoms with van der Waals surface area (Å²) in [6, 6.07) is 8.11. The number of nitrogens with zero attached hydrogens (tertiary/aromatic N) is 1. The molecule has 3 heteroatoms. The van der Waals surface area contributed by atoms with Gasteiger partial charge in [0.25, 0.3) is 0 Å². The lowest BCUT2D eigenvalue weighted by molar-refractivity contribution is 1.13. The molecule has 0 saturated carbocycles. The molecule has 0 saturated heterocycles. The Bertz CT molecular complexity index is 520. The Balaban J connectivity index is 2.76. The number of anilines is 1. The number of hydrogen-bond acceptors (Lipinski definition) is 3. The molecule has 0 aliphatic heterocycles. The average Bonchev–Trinajstić information content (AvgIpc) is 2.54. The summed E-state index contributed by atoms with van der Waals surface area (Å²) in [5.74, 6) is 0. The first kappa shape index (κ1) is 9.04. The lowest BCUT2D eigenvalue weighted by atomic mass is 10.0. The van der Waals surface area contributed by atoms with E-state index >= 15 is 0 Å². The predicted molar refractivity (Wildman–Crippen MR) is 60.3 cm³/mol. The summed E-state index contributed by atoms with van der Waals surface area (Å²) in [5, 5.41) is 10.8. The van der Waals surface area contributed by atoms with Gasteiger partial charge < -0.3 is 5.73 Å². The molecule has 0 atom stereocenters. The van der Waals surface area contributed by atoms with Gasteiger partial charge in [-0.2, -0.15) is 5.26 Å². The Kier molecular flexibility index (Phi) is 2.14. The maximum absolute atomic E-state index is 8.94. The van der Waals surface area contributed by atoms with Gasteiger partial charge >= 0.3 is 0 Å². The van der Waals surface area contributed by atoms with E-state index in [0.717, 1.165) is 27.9 Å². The van der Waals surface area contributed by atoms with Crippen LogP contribution in [0.1, 0.15) is 18.1 Å². The van der Waals surface area contributed by atoms with Gasteiger partial charge in [-0.3, -0.25) is 0 Å². The zero-order valence-corrected chi connectivity index (χ0v) is 8.69. The van der Waals surface area contributed by atoms with Gasteiger partial charge in [-0.15, -0.1) is 11.3 Å². The second-order valence-corrected chi connectivity index (χ2v) is 4.28. The summed E-state index contributed by atoms with van der Waals surface area (Å²) in [4.78, 5) is 0. The van der Waals surface area contributed by atoms with Crippen molar-refractivity contribution in [1.82, 2.24) is 0 Å². The quantitative estimate of drug-likeness (QED) is 0.773. The summed E-state index contributed by atoms with van der Waals surface area (Å²) in [5.41, 5.74) is 7.57. The Morgan fingerprint density at radius 1 is 1.43 bits per heavy atom. The van der Waals surface area contributed by atoms with Crippen LogP contribution in [0.5, 0.6) is 0 Å². The smallest absolute Gasteiger partial charge is 0.0994 e. The molecule has 1 aromatic heterocycles. The fourth-order valence-electron chi connectivity index (χ4n) is 1.55. The monoisotopic (exact) mass is 202 g/mol. The number of aryl methyl sites for hydroxylation is 1. The third kappa shape index (κ3) is 1.34. The van der Waals surface area contributed by atoms with Gasteiger partial charge in [0.15, 0.2) is 0 Å². The van der Waals surface area contributed by atoms with Crippen LogP contribution in [0.2, 0.25) is 0 Å². The van der Waals surface area contributed by atoms with Crippen LogP contribution in [-0.2, 0) is 6.42 Å². The molecule has 14 heavy (non-hydrogen) atoms. The standard InChI is InChI=1S/C11H10N2S/c1-2-7-4-10-8(3-9(7)6-12)5-11(13)14-10/h3-5H,2,13H2,1H3. The largest absolute Gasteiger partial charge is 0.391 e. The van der Waals surface area contributed by atoms with Crippen LogP contribution in [0.3, 0.4) is 0 Å². The van der Waals surface area contributed by atoms with Crippen molar-refractivity contribution in [2.45, 2.75) is 13.3 Å². The van der Waals surface area contributed by atoms with Crippen LogP contribution in [0, 0.1) is 11.3 Å². The van der Waals surface area contributed by atoms with Gasteiger partial charge in [-0.1, -0.05) is 6.92 Å². The third-order valence-corrected chi connectivity index (χ3v) is 3.19. The van der Waals surface area contributed by atoms with Crippen LogP contribution in [0.15, 0.2) is 18.2 Å². The van der Waals surface area contributed by atoms with Gasteiger partial charge in [0.1, 0.15) is 0 Å². The molecular weight excluding hydrogens is 192 g/mol.